The quantitative estimate of drug-likeness (QED) is 0.425. The molecule has 1 aromatic heterocycles. The SMILES string of the molecule is [Cl-].[Cl-].[Cl-].[Fe+3].c1cc[nH]c1. The minimum Gasteiger partial charge on any atom is -1.00 e. The van der Waals surface area contributed by atoms with Gasteiger partial charge in [0.25, 0.3) is 0 Å². The number of aromatic amines is 1. The number of hydrogen-bond acceptors (Lipinski definition) is 0. The minimum absolute atomic E-state index is 0. The zero-order chi connectivity index (χ0) is 3.54. The maximum Gasteiger partial charge on any atom is 3.00 e. The van der Waals surface area contributed by atoms with Crippen molar-refractivity contribution in [2.45, 2.75) is 0 Å². The number of nitrogens with one attached hydrogen (secondary N) is 1. The largest absolute Gasteiger partial charge is 3.00 e. The number of rotatable bonds is 0. The number of H-pyrrole nitrogens is 1. The zero-order valence-electron chi connectivity index (χ0n) is 4.30. The Morgan fingerprint density at radius 2 is 1.11 bits per heavy atom. The Bertz CT molecular complexity index is 72.3. The molecular formula is C4H5Cl3FeN. The Kier molecular flexibility index (Phi) is 39.9. The van der Waals surface area contributed by atoms with Crippen molar-refractivity contribution in [2.24, 2.45) is 0 Å². The molecule has 0 atom stereocenters. The van der Waals surface area contributed by atoms with E-state index >= 15 is 0 Å². The van der Waals surface area contributed by atoms with Crippen molar-refractivity contribution in [1.82, 2.24) is 4.98 Å². The molecule has 1 radical (unpaired) electrons. The summed E-state index contributed by atoms with van der Waals surface area (Å²) in [6.45, 7) is 0. The van der Waals surface area contributed by atoms with Gasteiger partial charge in [-0.3, -0.25) is 0 Å². The van der Waals surface area contributed by atoms with Crippen LogP contribution in [0.5, 0.6) is 0 Å². The topological polar surface area (TPSA) is 15.8 Å². The van der Waals surface area contributed by atoms with Crippen molar-refractivity contribution in [1.29, 1.82) is 0 Å². The Hall–Kier alpha value is 0.669. The molecule has 0 aromatic carbocycles. The van der Waals surface area contributed by atoms with Gasteiger partial charge in [0.1, 0.15) is 0 Å². The van der Waals surface area contributed by atoms with E-state index in [0.29, 0.717) is 0 Å². The molecule has 1 heterocycles. The van der Waals surface area contributed by atoms with Crippen LogP contribution < -0.4 is 37.2 Å². The maximum atomic E-state index is 2.86. The number of hydrogen-bond donors (Lipinski definition) is 1. The van der Waals surface area contributed by atoms with Crippen LogP contribution in [-0.2, 0) is 17.1 Å². The fraction of sp³-hybridized carbons (Fsp3) is 0. The van der Waals surface area contributed by atoms with Crippen molar-refractivity contribution in [2.75, 3.05) is 0 Å². The Morgan fingerprint density at radius 3 is 1.22 bits per heavy atom. The first kappa shape index (κ1) is 22.6. The Labute approximate surface area is 83.7 Å². The molecule has 9 heavy (non-hydrogen) atoms. The maximum absolute atomic E-state index is 2.86. The van der Waals surface area contributed by atoms with Gasteiger partial charge in [-0.2, -0.15) is 0 Å². The molecule has 0 saturated carbocycles. The van der Waals surface area contributed by atoms with E-state index in [1.54, 1.807) is 0 Å². The molecule has 1 nitrogen and oxygen atoms in total. The molecule has 1 aromatic rings. The molecule has 55 valence electrons. The van der Waals surface area contributed by atoms with E-state index < -0.39 is 0 Å². The first-order valence-corrected chi connectivity index (χ1v) is 1.58. The van der Waals surface area contributed by atoms with Gasteiger partial charge in [0.2, 0.25) is 0 Å². The molecule has 0 unspecified atom stereocenters. The average molecular weight is 229 g/mol. The van der Waals surface area contributed by atoms with E-state index in [1.165, 1.54) is 0 Å². The van der Waals surface area contributed by atoms with Crippen molar-refractivity contribution in [3.05, 3.63) is 24.5 Å². The summed E-state index contributed by atoms with van der Waals surface area (Å²) in [6, 6.07) is 3.89. The Balaban J connectivity index is -0.0000000312. The van der Waals surface area contributed by atoms with Gasteiger partial charge in [-0.25, -0.2) is 0 Å². The molecule has 0 bridgehead atoms. The summed E-state index contributed by atoms with van der Waals surface area (Å²) in [5.74, 6) is 0. The normalized spacial score (nSPS) is 4.44. The van der Waals surface area contributed by atoms with Crippen molar-refractivity contribution >= 4 is 0 Å². The van der Waals surface area contributed by atoms with Gasteiger partial charge in [0.15, 0.2) is 0 Å². The summed E-state index contributed by atoms with van der Waals surface area (Å²) in [5.41, 5.74) is 0. The summed E-state index contributed by atoms with van der Waals surface area (Å²) in [6.07, 6.45) is 3.75. The molecule has 1 rings (SSSR count). The summed E-state index contributed by atoms with van der Waals surface area (Å²) in [7, 11) is 0. The first-order chi connectivity index (χ1) is 2.50. The molecule has 0 aliphatic heterocycles. The third-order valence-electron chi connectivity index (χ3n) is 0.496. The molecule has 1 N–H and O–H groups in total. The van der Waals surface area contributed by atoms with Crippen molar-refractivity contribution < 1.29 is 54.3 Å². The standard InChI is InChI=1S/C4H5N.3ClH.Fe/c1-2-4-5-3-1;;;;/h1-5H;3*1H;/q;;;;+3/p-3. The van der Waals surface area contributed by atoms with Gasteiger partial charge in [-0.15, -0.1) is 0 Å². The summed E-state index contributed by atoms with van der Waals surface area (Å²) < 4.78 is 0. The van der Waals surface area contributed by atoms with Crippen LogP contribution in [0.1, 0.15) is 0 Å². The molecule has 0 saturated heterocycles. The Morgan fingerprint density at radius 1 is 0.778 bits per heavy atom. The van der Waals surface area contributed by atoms with Crippen LogP contribution in [0.3, 0.4) is 0 Å². The van der Waals surface area contributed by atoms with E-state index in [0.717, 1.165) is 0 Å². The fourth-order valence-electron chi connectivity index (χ4n) is 0.278. The van der Waals surface area contributed by atoms with Crippen LogP contribution in [0, 0.1) is 0 Å². The molecular weight excluding hydrogens is 224 g/mol. The second-order valence-corrected chi connectivity index (χ2v) is 0.885. The van der Waals surface area contributed by atoms with Crippen LogP contribution in [-0.4, -0.2) is 4.98 Å². The molecule has 0 amide bonds. The van der Waals surface area contributed by atoms with Crippen LogP contribution in [0.25, 0.3) is 0 Å². The van der Waals surface area contributed by atoms with Crippen LogP contribution in [0.15, 0.2) is 24.5 Å². The molecule has 0 aliphatic carbocycles. The predicted octanol–water partition coefficient (Wildman–Crippen LogP) is -7.98. The summed E-state index contributed by atoms with van der Waals surface area (Å²) in [4.78, 5) is 2.86. The van der Waals surface area contributed by atoms with Gasteiger partial charge in [-0.05, 0) is 12.1 Å². The molecule has 0 fully saturated rings. The van der Waals surface area contributed by atoms with Crippen LogP contribution >= 0.6 is 0 Å². The van der Waals surface area contributed by atoms with Crippen LogP contribution in [0.2, 0.25) is 0 Å². The summed E-state index contributed by atoms with van der Waals surface area (Å²) in [5, 5.41) is 0. The average Bonchev–Trinajstić information content (AvgIpc) is 1.76. The van der Waals surface area contributed by atoms with Crippen LogP contribution in [0.4, 0.5) is 0 Å². The second-order valence-electron chi connectivity index (χ2n) is 0.885. The second kappa shape index (κ2) is 15.9. The van der Waals surface area contributed by atoms with Gasteiger partial charge in [-0.1, -0.05) is 0 Å². The smallest absolute Gasteiger partial charge is 1.00 e. The van der Waals surface area contributed by atoms with Gasteiger partial charge in [0, 0.05) is 12.4 Å². The summed E-state index contributed by atoms with van der Waals surface area (Å²) >= 11 is 0. The predicted molar refractivity (Wildman–Crippen MR) is 20.8 cm³/mol. The van der Waals surface area contributed by atoms with E-state index in [4.69, 9.17) is 0 Å². The third-order valence-corrected chi connectivity index (χ3v) is 0.496. The first-order valence-electron chi connectivity index (χ1n) is 1.58. The van der Waals surface area contributed by atoms with Gasteiger partial charge in [0.05, 0.1) is 0 Å². The van der Waals surface area contributed by atoms with Gasteiger partial charge < -0.3 is 42.2 Å². The monoisotopic (exact) mass is 228 g/mol. The van der Waals surface area contributed by atoms with Gasteiger partial charge >= 0.3 is 17.1 Å². The van der Waals surface area contributed by atoms with E-state index in [1.807, 2.05) is 24.5 Å². The third kappa shape index (κ3) is 12.0. The fourth-order valence-corrected chi connectivity index (χ4v) is 0.278. The molecule has 5 heteroatoms. The number of halogens is 3. The molecule has 0 spiro atoms. The van der Waals surface area contributed by atoms with E-state index in [9.17, 15) is 0 Å². The molecule has 0 aliphatic rings. The minimum atomic E-state index is 0. The van der Waals surface area contributed by atoms with E-state index in [-0.39, 0.29) is 54.3 Å². The van der Waals surface area contributed by atoms with E-state index in [2.05, 4.69) is 4.98 Å². The van der Waals surface area contributed by atoms with Crippen molar-refractivity contribution in [3.63, 3.8) is 0 Å². The van der Waals surface area contributed by atoms with Crippen molar-refractivity contribution in [3.8, 4) is 0 Å². The zero-order valence-corrected chi connectivity index (χ0v) is 7.67. The number of aromatic nitrogens is 1.